The fourth-order valence-electron chi connectivity index (χ4n) is 2.46. The maximum atomic E-state index is 13.4. The summed E-state index contributed by atoms with van der Waals surface area (Å²) >= 11 is 3.18. The van der Waals surface area contributed by atoms with Crippen molar-refractivity contribution < 1.29 is 23.5 Å². The zero-order valence-electron chi connectivity index (χ0n) is 14.3. The second kappa shape index (κ2) is 7.51. The molecule has 25 heavy (non-hydrogen) atoms. The topological polar surface area (TPSA) is 75.7 Å². The Morgan fingerprint density at radius 1 is 1.36 bits per heavy atom. The van der Waals surface area contributed by atoms with Crippen molar-refractivity contribution in [3.63, 3.8) is 0 Å². The molecule has 6 nitrogen and oxygen atoms in total. The Morgan fingerprint density at radius 2 is 2.04 bits per heavy atom. The van der Waals surface area contributed by atoms with Gasteiger partial charge >= 0.3 is 6.09 Å². The molecule has 0 spiro atoms. The predicted octanol–water partition coefficient (Wildman–Crippen LogP) is 2.78. The third-order valence-corrected chi connectivity index (χ3v) is 3.92. The fraction of sp³-hybridized carbons (Fsp3) is 0.471. The number of hydrogen-bond acceptors (Lipinski definition) is 4. The molecule has 0 bridgehead atoms. The van der Waals surface area contributed by atoms with Crippen molar-refractivity contribution in [2.24, 2.45) is 0 Å². The van der Waals surface area contributed by atoms with E-state index in [0.717, 1.165) is 4.90 Å². The predicted molar refractivity (Wildman–Crippen MR) is 92.3 cm³/mol. The fourth-order valence-corrected chi connectivity index (χ4v) is 2.97. The lowest BCUT2D eigenvalue weighted by atomic mass is 10.1. The second-order valence-corrected chi connectivity index (χ2v) is 7.78. The molecule has 136 valence electrons. The van der Waals surface area contributed by atoms with E-state index in [9.17, 15) is 18.8 Å². The minimum atomic E-state index is -0.917. The Hall–Kier alpha value is -1.96. The maximum absolute atomic E-state index is 13.4. The summed E-state index contributed by atoms with van der Waals surface area (Å²) in [6.45, 7) is 5.06. The van der Waals surface area contributed by atoms with Crippen LogP contribution in [-0.4, -0.2) is 40.9 Å². The van der Waals surface area contributed by atoms with Gasteiger partial charge in [-0.1, -0.05) is 15.9 Å². The van der Waals surface area contributed by atoms with Gasteiger partial charge in [0.1, 0.15) is 17.5 Å². The molecule has 1 N–H and O–H groups in total. The number of amides is 2. The highest BCUT2D eigenvalue weighted by molar-refractivity contribution is 9.10. The third kappa shape index (κ3) is 5.52. The zero-order valence-corrected chi connectivity index (χ0v) is 15.9. The summed E-state index contributed by atoms with van der Waals surface area (Å²) in [6, 6.07) is 3.37. The summed E-state index contributed by atoms with van der Waals surface area (Å²) in [5.41, 5.74) is -0.161. The third-order valence-electron chi connectivity index (χ3n) is 3.46. The van der Waals surface area contributed by atoms with Crippen LogP contribution in [0.2, 0.25) is 0 Å². The highest BCUT2D eigenvalue weighted by atomic mass is 79.9. The first-order chi connectivity index (χ1) is 11.5. The molecule has 0 radical (unpaired) electrons. The van der Waals surface area contributed by atoms with Gasteiger partial charge < -0.3 is 10.1 Å². The molecule has 1 aliphatic rings. The summed E-state index contributed by atoms with van der Waals surface area (Å²) in [5, 5.41) is 2.64. The van der Waals surface area contributed by atoms with Crippen molar-refractivity contribution in [2.75, 3.05) is 6.54 Å². The Balaban J connectivity index is 2.03. The highest BCUT2D eigenvalue weighted by Gasteiger charge is 2.40. The number of halogens is 2. The molecule has 1 atom stereocenters. The number of carbonyl (C=O) groups excluding carboxylic acids is 3. The van der Waals surface area contributed by atoms with Crippen LogP contribution in [-0.2, 0) is 20.9 Å². The zero-order chi connectivity index (χ0) is 18.8. The van der Waals surface area contributed by atoms with Crippen molar-refractivity contribution in [1.82, 2.24) is 10.2 Å². The smallest absolute Gasteiger partial charge is 0.411 e. The molecular weight excluding hydrogens is 395 g/mol. The van der Waals surface area contributed by atoms with Gasteiger partial charge in [0.05, 0.1) is 6.54 Å². The summed E-state index contributed by atoms with van der Waals surface area (Å²) in [4.78, 5) is 37.4. The molecule has 1 heterocycles. The van der Waals surface area contributed by atoms with Gasteiger partial charge in [0.25, 0.3) is 0 Å². The lowest BCUT2D eigenvalue weighted by Gasteiger charge is -2.27. The van der Waals surface area contributed by atoms with Gasteiger partial charge in [0.15, 0.2) is 5.78 Å². The van der Waals surface area contributed by atoms with Crippen LogP contribution in [0.5, 0.6) is 0 Å². The molecule has 1 aliphatic heterocycles. The largest absolute Gasteiger partial charge is 0.444 e. The van der Waals surface area contributed by atoms with Crippen LogP contribution in [0.4, 0.5) is 9.18 Å². The quantitative estimate of drug-likeness (QED) is 0.824. The lowest BCUT2D eigenvalue weighted by Crippen LogP contribution is -2.47. The summed E-state index contributed by atoms with van der Waals surface area (Å²) in [5.74, 6) is -1.11. The number of ether oxygens (including phenoxy) is 1. The number of benzene rings is 1. The van der Waals surface area contributed by atoms with Crippen molar-refractivity contribution in [1.29, 1.82) is 0 Å². The number of Topliss-reactive ketones (excluding diaryl/α,β-unsaturated/α-hetero) is 1. The Labute approximate surface area is 153 Å². The van der Waals surface area contributed by atoms with Crippen molar-refractivity contribution in [3.8, 4) is 0 Å². The van der Waals surface area contributed by atoms with E-state index in [-0.39, 0.29) is 25.3 Å². The minimum absolute atomic E-state index is 0.0576. The normalized spacial score (nSPS) is 17.6. The van der Waals surface area contributed by atoms with Gasteiger partial charge in [0, 0.05) is 17.4 Å². The van der Waals surface area contributed by atoms with Crippen LogP contribution in [0.3, 0.4) is 0 Å². The summed E-state index contributed by atoms with van der Waals surface area (Å²) < 4.78 is 19.2. The van der Waals surface area contributed by atoms with Crippen LogP contribution in [0.25, 0.3) is 0 Å². The monoisotopic (exact) mass is 414 g/mol. The molecule has 1 unspecified atom stereocenters. The summed E-state index contributed by atoms with van der Waals surface area (Å²) in [6.07, 6.45) is -0.759. The number of rotatable bonds is 3. The SMILES string of the molecule is CC(C)(C)OC(=O)N1CC(=O)CC1C(=O)NCc1cc(F)cc(Br)c1. The molecule has 8 heteroatoms. The van der Waals surface area contributed by atoms with Crippen LogP contribution < -0.4 is 5.32 Å². The molecule has 1 aromatic rings. The van der Waals surface area contributed by atoms with E-state index in [4.69, 9.17) is 4.74 Å². The molecule has 1 fully saturated rings. The average Bonchev–Trinajstić information content (AvgIpc) is 2.84. The number of ketones is 1. The Morgan fingerprint density at radius 3 is 2.64 bits per heavy atom. The first-order valence-electron chi connectivity index (χ1n) is 7.79. The first kappa shape index (κ1) is 19.4. The van der Waals surface area contributed by atoms with E-state index in [2.05, 4.69) is 21.2 Å². The minimum Gasteiger partial charge on any atom is -0.444 e. The van der Waals surface area contributed by atoms with Crippen molar-refractivity contribution in [3.05, 3.63) is 34.1 Å². The number of likely N-dealkylation sites (tertiary alicyclic amines) is 1. The van der Waals surface area contributed by atoms with Crippen LogP contribution in [0.1, 0.15) is 32.8 Å². The van der Waals surface area contributed by atoms with E-state index in [1.807, 2.05) is 0 Å². The van der Waals surface area contributed by atoms with Gasteiger partial charge in [-0.15, -0.1) is 0 Å². The van der Waals surface area contributed by atoms with E-state index in [0.29, 0.717) is 10.0 Å². The molecule has 0 aliphatic carbocycles. The first-order valence-corrected chi connectivity index (χ1v) is 8.58. The van der Waals surface area contributed by atoms with Crippen molar-refractivity contribution >= 4 is 33.7 Å². The van der Waals surface area contributed by atoms with E-state index >= 15 is 0 Å². The molecular formula is C17H20BrFN2O4. The molecule has 0 saturated carbocycles. The Bertz CT molecular complexity index is 682. The maximum Gasteiger partial charge on any atom is 0.411 e. The van der Waals surface area contributed by atoms with E-state index < -0.39 is 29.5 Å². The Kier molecular flexibility index (Phi) is 5.82. The molecule has 2 rings (SSSR count). The number of hydrogen-bond donors (Lipinski definition) is 1. The van der Waals surface area contributed by atoms with E-state index in [1.54, 1.807) is 26.8 Å². The van der Waals surface area contributed by atoms with Gasteiger partial charge in [-0.3, -0.25) is 14.5 Å². The molecule has 1 saturated heterocycles. The molecule has 2 amide bonds. The average molecular weight is 415 g/mol. The van der Waals surface area contributed by atoms with Gasteiger partial charge in [-0.25, -0.2) is 9.18 Å². The van der Waals surface area contributed by atoms with Gasteiger partial charge in [-0.2, -0.15) is 0 Å². The second-order valence-electron chi connectivity index (χ2n) is 6.86. The van der Waals surface area contributed by atoms with Crippen LogP contribution >= 0.6 is 15.9 Å². The van der Waals surface area contributed by atoms with Crippen molar-refractivity contribution in [2.45, 2.75) is 45.4 Å². The number of carbonyl (C=O) groups is 3. The highest BCUT2D eigenvalue weighted by Crippen LogP contribution is 2.20. The number of nitrogens with zero attached hydrogens (tertiary/aromatic N) is 1. The number of nitrogens with one attached hydrogen (secondary N) is 1. The molecule has 0 aromatic heterocycles. The molecule has 1 aromatic carbocycles. The summed E-state index contributed by atoms with van der Waals surface area (Å²) in [7, 11) is 0. The lowest BCUT2D eigenvalue weighted by molar-refractivity contribution is -0.126. The standard InChI is InChI=1S/C17H20BrFN2O4/c1-17(2,3)25-16(24)21-9-13(22)7-14(21)15(23)20-8-10-4-11(18)6-12(19)5-10/h4-6,14H,7-9H2,1-3H3,(H,20,23). The van der Waals surface area contributed by atoms with E-state index in [1.165, 1.54) is 12.1 Å². The van der Waals surface area contributed by atoms with Crippen LogP contribution in [0, 0.1) is 5.82 Å². The van der Waals surface area contributed by atoms with Gasteiger partial charge in [-0.05, 0) is 44.5 Å². The van der Waals surface area contributed by atoms with Gasteiger partial charge in [0.2, 0.25) is 5.91 Å². The van der Waals surface area contributed by atoms with Crippen LogP contribution in [0.15, 0.2) is 22.7 Å².